The molecule has 1 atom stereocenters. The van der Waals surface area contributed by atoms with E-state index < -0.39 is 0 Å². The summed E-state index contributed by atoms with van der Waals surface area (Å²) in [5.41, 5.74) is 1.25. The van der Waals surface area contributed by atoms with Gasteiger partial charge in [-0.15, -0.1) is 0 Å². The summed E-state index contributed by atoms with van der Waals surface area (Å²) < 4.78 is 5.77. The summed E-state index contributed by atoms with van der Waals surface area (Å²) in [6.07, 6.45) is 8.26. The van der Waals surface area contributed by atoms with E-state index in [0.717, 1.165) is 24.3 Å². The van der Waals surface area contributed by atoms with E-state index in [0.29, 0.717) is 6.61 Å². The Bertz CT molecular complexity index is 563. The summed E-state index contributed by atoms with van der Waals surface area (Å²) in [6.45, 7) is 1.23. The van der Waals surface area contributed by atoms with Gasteiger partial charge < -0.3 is 15.0 Å². The number of rotatable bonds is 4. The van der Waals surface area contributed by atoms with Gasteiger partial charge in [0, 0.05) is 12.1 Å². The summed E-state index contributed by atoms with van der Waals surface area (Å²) >= 11 is 0. The molecule has 0 aromatic heterocycles. The lowest BCUT2D eigenvalue weighted by atomic mass is 9.88. The predicted octanol–water partition coefficient (Wildman–Crippen LogP) is 3.01. The molecule has 132 valence electrons. The third-order valence-corrected chi connectivity index (χ3v) is 5.82. The normalized spacial score (nSPS) is 23.0. The molecule has 0 radical (unpaired) electrons. The second kappa shape index (κ2) is 7.56. The zero-order chi connectivity index (χ0) is 17.0. The van der Waals surface area contributed by atoms with Crippen LogP contribution in [-0.4, -0.2) is 43.6 Å². The Labute approximate surface area is 145 Å². The number of ether oxygens (including phenoxy) is 1. The number of likely N-dealkylation sites (N-methyl/N-ethyl adjacent to an activating group) is 1. The van der Waals surface area contributed by atoms with Crippen LogP contribution < -0.4 is 10.1 Å². The fourth-order valence-corrected chi connectivity index (χ4v) is 4.06. The van der Waals surface area contributed by atoms with Gasteiger partial charge in [-0.25, -0.2) is 0 Å². The highest BCUT2D eigenvalue weighted by Gasteiger charge is 2.34. The highest BCUT2D eigenvalue weighted by Crippen LogP contribution is 2.31. The number of nitrogens with zero attached hydrogens (tertiary/aromatic N) is 1. The first-order valence-electron chi connectivity index (χ1n) is 9.27. The smallest absolute Gasteiger partial charge is 0.226 e. The highest BCUT2D eigenvalue weighted by atomic mass is 16.5. The molecule has 2 aliphatic rings. The number of hydrogen-bond donors (Lipinski definition) is 1. The van der Waals surface area contributed by atoms with Crippen molar-refractivity contribution in [3.63, 3.8) is 0 Å². The standard InChI is InChI=1S/C20H30N2O2/c1-22(2)20(11-7-3-4-8-12-20)15-21-19(23)17-13-16-9-5-6-10-18(16)24-14-17/h5-6,9-10,17H,3-4,7-8,11-15H2,1-2H3,(H,21,23). The van der Waals surface area contributed by atoms with Crippen LogP contribution in [0.2, 0.25) is 0 Å². The van der Waals surface area contributed by atoms with Gasteiger partial charge in [-0.3, -0.25) is 4.79 Å². The molecule has 1 saturated carbocycles. The van der Waals surface area contributed by atoms with Crippen LogP contribution in [0.5, 0.6) is 5.75 Å². The molecule has 1 fully saturated rings. The number of amides is 1. The summed E-state index contributed by atoms with van der Waals surface area (Å²) in [7, 11) is 4.30. The van der Waals surface area contributed by atoms with Gasteiger partial charge in [0.1, 0.15) is 12.4 Å². The summed E-state index contributed by atoms with van der Waals surface area (Å²) in [5.74, 6) is 0.981. The minimum absolute atomic E-state index is 0.0788. The zero-order valence-electron chi connectivity index (χ0n) is 15.0. The number of hydrogen-bond acceptors (Lipinski definition) is 3. The van der Waals surface area contributed by atoms with E-state index in [4.69, 9.17) is 4.74 Å². The third-order valence-electron chi connectivity index (χ3n) is 5.82. The molecular formula is C20H30N2O2. The maximum absolute atomic E-state index is 12.7. The Morgan fingerprint density at radius 2 is 1.92 bits per heavy atom. The van der Waals surface area contributed by atoms with Gasteiger partial charge in [-0.05, 0) is 45.0 Å². The predicted molar refractivity (Wildman–Crippen MR) is 96.3 cm³/mol. The molecular weight excluding hydrogens is 300 g/mol. The highest BCUT2D eigenvalue weighted by molar-refractivity contribution is 5.79. The van der Waals surface area contributed by atoms with Crippen molar-refractivity contribution in [2.24, 2.45) is 5.92 Å². The molecule has 1 heterocycles. The first kappa shape index (κ1) is 17.3. The van der Waals surface area contributed by atoms with Gasteiger partial charge in [0.15, 0.2) is 0 Å². The quantitative estimate of drug-likeness (QED) is 0.863. The van der Waals surface area contributed by atoms with Crippen LogP contribution in [-0.2, 0) is 11.2 Å². The molecule has 0 spiro atoms. The molecule has 4 nitrogen and oxygen atoms in total. The van der Waals surface area contributed by atoms with Crippen LogP contribution >= 0.6 is 0 Å². The number of benzene rings is 1. The average molecular weight is 330 g/mol. The van der Waals surface area contributed by atoms with Crippen molar-refractivity contribution in [3.05, 3.63) is 29.8 Å². The van der Waals surface area contributed by atoms with Gasteiger partial charge in [0.05, 0.1) is 5.92 Å². The Morgan fingerprint density at radius 3 is 2.62 bits per heavy atom. The number of carbonyl (C=O) groups is 1. The van der Waals surface area contributed by atoms with Crippen LogP contribution in [0, 0.1) is 5.92 Å². The Balaban J connectivity index is 1.60. The van der Waals surface area contributed by atoms with E-state index >= 15 is 0 Å². The van der Waals surface area contributed by atoms with Crippen molar-refractivity contribution in [2.75, 3.05) is 27.2 Å². The summed E-state index contributed by atoms with van der Waals surface area (Å²) in [6, 6.07) is 8.03. The van der Waals surface area contributed by atoms with E-state index in [9.17, 15) is 4.79 Å². The van der Waals surface area contributed by atoms with Crippen molar-refractivity contribution in [1.82, 2.24) is 10.2 Å². The van der Waals surface area contributed by atoms with Crippen LogP contribution in [0.4, 0.5) is 0 Å². The minimum Gasteiger partial charge on any atom is -0.492 e. The third kappa shape index (κ3) is 3.75. The van der Waals surface area contributed by atoms with E-state index in [-0.39, 0.29) is 17.4 Å². The van der Waals surface area contributed by atoms with Crippen molar-refractivity contribution in [2.45, 2.75) is 50.5 Å². The maximum Gasteiger partial charge on any atom is 0.226 e. The van der Waals surface area contributed by atoms with Gasteiger partial charge >= 0.3 is 0 Å². The Morgan fingerprint density at radius 1 is 1.21 bits per heavy atom. The minimum atomic E-state index is -0.0788. The lowest BCUT2D eigenvalue weighted by Crippen LogP contribution is -2.53. The van der Waals surface area contributed by atoms with Crippen LogP contribution in [0.3, 0.4) is 0 Å². The molecule has 1 amide bonds. The summed E-state index contributed by atoms with van der Waals surface area (Å²) in [5, 5.41) is 3.24. The molecule has 0 saturated heterocycles. The lowest BCUT2D eigenvalue weighted by Gasteiger charge is -2.40. The van der Waals surface area contributed by atoms with Crippen LogP contribution in [0.25, 0.3) is 0 Å². The molecule has 4 heteroatoms. The molecule has 1 aromatic carbocycles. The second-order valence-electron chi connectivity index (χ2n) is 7.57. The second-order valence-corrected chi connectivity index (χ2v) is 7.57. The number of carbonyl (C=O) groups excluding carboxylic acids is 1. The van der Waals surface area contributed by atoms with Gasteiger partial charge in [-0.2, -0.15) is 0 Å². The van der Waals surface area contributed by atoms with Crippen LogP contribution in [0.1, 0.15) is 44.1 Å². The van der Waals surface area contributed by atoms with E-state index in [1.807, 2.05) is 18.2 Å². The molecule has 3 rings (SSSR count). The van der Waals surface area contributed by atoms with E-state index in [1.54, 1.807) is 0 Å². The first-order valence-corrected chi connectivity index (χ1v) is 9.27. The molecule has 0 bridgehead atoms. The van der Waals surface area contributed by atoms with Crippen molar-refractivity contribution >= 4 is 5.91 Å². The van der Waals surface area contributed by atoms with Crippen molar-refractivity contribution in [1.29, 1.82) is 0 Å². The fraction of sp³-hybridized carbons (Fsp3) is 0.650. The molecule has 1 aliphatic carbocycles. The molecule has 1 aliphatic heterocycles. The Kier molecular flexibility index (Phi) is 5.44. The van der Waals surface area contributed by atoms with Gasteiger partial charge in [0.2, 0.25) is 5.91 Å². The molecule has 24 heavy (non-hydrogen) atoms. The monoisotopic (exact) mass is 330 g/mol. The largest absolute Gasteiger partial charge is 0.492 e. The number of para-hydroxylation sites is 1. The lowest BCUT2D eigenvalue weighted by molar-refractivity contribution is -0.127. The fourth-order valence-electron chi connectivity index (χ4n) is 4.06. The van der Waals surface area contributed by atoms with Crippen molar-refractivity contribution < 1.29 is 9.53 Å². The zero-order valence-corrected chi connectivity index (χ0v) is 15.0. The Hall–Kier alpha value is -1.55. The van der Waals surface area contributed by atoms with Gasteiger partial charge in [-0.1, -0.05) is 43.9 Å². The number of fused-ring (bicyclic) bond motifs is 1. The topological polar surface area (TPSA) is 41.6 Å². The summed E-state index contributed by atoms with van der Waals surface area (Å²) in [4.78, 5) is 15.0. The van der Waals surface area contributed by atoms with Gasteiger partial charge in [0.25, 0.3) is 0 Å². The maximum atomic E-state index is 12.7. The molecule has 1 aromatic rings. The average Bonchev–Trinajstić information content (AvgIpc) is 2.86. The SMILES string of the molecule is CN(C)C1(CNC(=O)C2COc3ccccc3C2)CCCCCC1. The van der Waals surface area contributed by atoms with E-state index in [1.165, 1.54) is 38.5 Å². The van der Waals surface area contributed by atoms with E-state index in [2.05, 4.69) is 30.4 Å². The first-order chi connectivity index (χ1) is 11.6. The molecule has 1 N–H and O–H groups in total. The van der Waals surface area contributed by atoms with Crippen LogP contribution in [0.15, 0.2) is 24.3 Å². The van der Waals surface area contributed by atoms with Crippen molar-refractivity contribution in [3.8, 4) is 5.75 Å². The molecule has 1 unspecified atom stereocenters. The number of nitrogens with one attached hydrogen (secondary N) is 1.